The summed E-state index contributed by atoms with van der Waals surface area (Å²) >= 11 is 0. The Hall–Kier alpha value is -4.20. The van der Waals surface area contributed by atoms with Gasteiger partial charge in [0, 0.05) is 23.0 Å². The van der Waals surface area contributed by atoms with Gasteiger partial charge in [-0.25, -0.2) is 14.6 Å². The lowest BCUT2D eigenvalue weighted by atomic mass is 10.0. The number of carbonyl (C=O) groups excluding carboxylic acids is 1. The maximum Gasteiger partial charge on any atom is 0.258 e. The largest absolute Gasteiger partial charge is 0.491 e. The Bertz CT molecular complexity index is 1290. The van der Waals surface area contributed by atoms with Crippen LogP contribution >= 0.6 is 0 Å². The maximum atomic E-state index is 13.1. The number of aromatic nitrogens is 4. The molecule has 2 aromatic heterocycles. The number of hydrogen-bond donors (Lipinski definition) is 0. The van der Waals surface area contributed by atoms with Crippen LogP contribution in [0.3, 0.4) is 0 Å². The highest BCUT2D eigenvalue weighted by molar-refractivity contribution is 6.10. The number of anilines is 1. The average molecular weight is 427 g/mol. The molecule has 1 amide bonds. The van der Waals surface area contributed by atoms with Crippen molar-refractivity contribution in [2.75, 3.05) is 19.1 Å². The number of amides is 1. The van der Waals surface area contributed by atoms with Crippen molar-refractivity contribution in [3.63, 3.8) is 0 Å². The summed E-state index contributed by atoms with van der Waals surface area (Å²) in [6.07, 6.45) is 4.93. The SMILES string of the molecule is COc1cc(-c2ccc3c(c2)CN(c2cccc(Cn4cncn4)c2)C3=O)cnc1OC. The molecular formula is C24H21N5O3. The summed E-state index contributed by atoms with van der Waals surface area (Å²) in [5.41, 5.74) is 5.46. The molecule has 0 N–H and O–H groups in total. The van der Waals surface area contributed by atoms with Crippen LogP contribution in [0.5, 0.6) is 11.6 Å². The first kappa shape index (κ1) is 19.7. The van der Waals surface area contributed by atoms with Crippen molar-refractivity contribution in [1.29, 1.82) is 0 Å². The summed E-state index contributed by atoms with van der Waals surface area (Å²) < 4.78 is 12.3. The van der Waals surface area contributed by atoms with Gasteiger partial charge >= 0.3 is 0 Å². The molecule has 3 heterocycles. The third-order valence-electron chi connectivity index (χ3n) is 5.51. The molecule has 5 rings (SSSR count). The molecule has 0 fully saturated rings. The van der Waals surface area contributed by atoms with Crippen molar-refractivity contribution in [3.05, 3.63) is 84.1 Å². The fourth-order valence-electron chi connectivity index (χ4n) is 3.92. The van der Waals surface area contributed by atoms with Gasteiger partial charge in [0.15, 0.2) is 5.75 Å². The van der Waals surface area contributed by atoms with Crippen LogP contribution in [-0.2, 0) is 13.1 Å². The Balaban J connectivity index is 1.42. The van der Waals surface area contributed by atoms with Crippen molar-refractivity contribution in [3.8, 4) is 22.8 Å². The topological polar surface area (TPSA) is 82.4 Å². The zero-order valence-corrected chi connectivity index (χ0v) is 17.7. The number of methoxy groups -OCH3 is 2. The number of nitrogens with zero attached hydrogens (tertiary/aromatic N) is 5. The van der Waals surface area contributed by atoms with E-state index < -0.39 is 0 Å². The highest BCUT2D eigenvalue weighted by Crippen LogP contribution is 2.34. The van der Waals surface area contributed by atoms with E-state index in [4.69, 9.17) is 9.47 Å². The number of hydrogen-bond acceptors (Lipinski definition) is 6. The molecule has 8 nitrogen and oxygen atoms in total. The van der Waals surface area contributed by atoms with Crippen LogP contribution in [0.1, 0.15) is 21.5 Å². The van der Waals surface area contributed by atoms with Crippen molar-refractivity contribution in [2.24, 2.45) is 0 Å². The van der Waals surface area contributed by atoms with E-state index in [1.807, 2.05) is 48.5 Å². The summed E-state index contributed by atoms with van der Waals surface area (Å²) in [4.78, 5) is 23.2. The van der Waals surface area contributed by atoms with E-state index in [1.165, 1.54) is 6.33 Å². The first-order chi connectivity index (χ1) is 15.7. The lowest BCUT2D eigenvalue weighted by Gasteiger charge is -2.16. The second-order valence-corrected chi connectivity index (χ2v) is 7.46. The van der Waals surface area contributed by atoms with E-state index in [0.29, 0.717) is 30.3 Å². The van der Waals surface area contributed by atoms with E-state index in [0.717, 1.165) is 27.9 Å². The van der Waals surface area contributed by atoms with Gasteiger partial charge in [-0.05, 0) is 47.0 Å². The fraction of sp³-hybridized carbons (Fsp3) is 0.167. The van der Waals surface area contributed by atoms with Crippen LogP contribution in [-0.4, -0.2) is 39.9 Å². The Labute approximate surface area is 185 Å². The molecule has 0 spiro atoms. The predicted molar refractivity (Wildman–Crippen MR) is 119 cm³/mol. The first-order valence-electron chi connectivity index (χ1n) is 10.1. The Morgan fingerprint density at radius 1 is 1.03 bits per heavy atom. The van der Waals surface area contributed by atoms with Gasteiger partial charge in [0.2, 0.25) is 0 Å². The van der Waals surface area contributed by atoms with Crippen LogP contribution in [0.4, 0.5) is 5.69 Å². The minimum atomic E-state index is -0.00473. The van der Waals surface area contributed by atoms with Crippen molar-refractivity contribution in [1.82, 2.24) is 19.7 Å². The second-order valence-electron chi connectivity index (χ2n) is 7.46. The smallest absolute Gasteiger partial charge is 0.258 e. The zero-order valence-electron chi connectivity index (χ0n) is 17.7. The van der Waals surface area contributed by atoms with E-state index in [9.17, 15) is 4.79 Å². The van der Waals surface area contributed by atoms with Crippen LogP contribution in [0.25, 0.3) is 11.1 Å². The number of ether oxygens (including phenoxy) is 2. The van der Waals surface area contributed by atoms with Crippen LogP contribution in [0.15, 0.2) is 67.4 Å². The molecule has 4 aromatic rings. The van der Waals surface area contributed by atoms with E-state index in [2.05, 4.69) is 15.1 Å². The average Bonchev–Trinajstić information content (AvgIpc) is 3.46. The molecule has 0 aliphatic carbocycles. The lowest BCUT2D eigenvalue weighted by Crippen LogP contribution is -2.23. The van der Waals surface area contributed by atoms with Crippen LogP contribution in [0.2, 0.25) is 0 Å². The lowest BCUT2D eigenvalue weighted by molar-refractivity contribution is 0.0996. The minimum absolute atomic E-state index is 0.00473. The molecule has 1 aliphatic heterocycles. The zero-order chi connectivity index (χ0) is 22.1. The first-order valence-corrected chi connectivity index (χ1v) is 10.1. The summed E-state index contributed by atoms with van der Waals surface area (Å²) in [7, 11) is 3.14. The molecule has 0 saturated heterocycles. The Morgan fingerprint density at radius 2 is 1.94 bits per heavy atom. The van der Waals surface area contributed by atoms with Gasteiger partial charge < -0.3 is 14.4 Å². The van der Waals surface area contributed by atoms with Crippen molar-refractivity contribution >= 4 is 11.6 Å². The van der Waals surface area contributed by atoms with Crippen molar-refractivity contribution < 1.29 is 14.3 Å². The summed E-state index contributed by atoms with van der Waals surface area (Å²) in [5, 5.41) is 4.15. The molecule has 8 heteroatoms. The third kappa shape index (κ3) is 3.56. The van der Waals surface area contributed by atoms with Gasteiger partial charge in [0.05, 0.1) is 27.3 Å². The number of fused-ring (bicyclic) bond motifs is 1. The maximum absolute atomic E-state index is 13.1. The summed E-state index contributed by atoms with van der Waals surface area (Å²) in [5.74, 6) is 0.992. The fourth-order valence-corrected chi connectivity index (χ4v) is 3.92. The standard InChI is InChI=1S/C24H21N5O3/c1-31-22-10-18(11-26-23(22)32-2)17-6-7-21-19(9-17)13-29(24(21)30)20-5-3-4-16(8-20)12-28-15-25-14-27-28/h3-11,14-15H,12-13H2,1-2H3. The molecule has 160 valence electrons. The van der Waals surface area contributed by atoms with Gasteiger partial charge in [-0.3, -0.25) is 4.79 Å². The third-order valence-corrected chi connectivity index (χ3v) is 5.51. The predicted octanol–water partition coefficient (Wildman–Crippen LogP) is 3.57. The molecule has 32 heavy (non-hydrogen) atoms. The number of benzene rings is 2. The summed E-state index contributed by atoms with van der Waals surface area (Å²) in [6.45, 7) is 1.11. The van der Waals surface area contributed by atoms with Gasteiger partial charge in [0.1, 0.15) is 12.7 Å². The molecule has 0 bridgehead atoms. The van der Waals surface area contributed by atoms with E-state index in [-0.39, 0.29) is 5.91 Å². The Morgan fingerprint density at radius 3 is 2.72 bits per heavy atom. The summed E-state index contributed by atoms with van der Waals surface area (Å²) in [6, 6.07) is 15.7. The molecule has 0 unspecified atom stereocenters. The van der Waals surface area contributed by atoms with Gasteiger partial charge in [-0.1, -0.05) is 18.2 Å². The molecule has 0 radical (unpaired) electrons. The van der Waals surface area contributed by atoms with E-state index in [1.54, 1.807) is 36.3 Å². The molecular weight excluding hydrogens is 406 g/mol. The number of rotatable bonds is 6. The van der Waals surface area contributed by atoms with Crippen LogP contribution < -0.4 is 14.4 Å². The molecule has 0 saturated carbocycles. The molecule has 2 aromatic carbocycles. The van der Waals surface area contributed by atoms with Crippen LogP contribution in [0, 0.1) is 0 Å². The molecule has 0 atom stereocenters. The highest BCUT2D eigenvalue weighted by atomic mass is 16.5. The Kier molecular flexibility index (Phi) is 5.03. The molecule has 1 aliphatic rings. The van der Waals surface area contributed by atoms with Gasteiger partial charge in [0.25, 0.3) is 11.8 Å². The van der Waals surface area contributed by atoms with Crippen molar-refractivity contribution in [2.45, 2.75) is 13.1 Å². The van der Waals surface area contributed by atoms with Gasteiger partial charge in [-0.15, -0.1) is 0 Å². The minimum Gasteiger partial charge on any atom is -0.491 e. The van der Waals surface area contributed by atoms with Gasteiger partial charge in [-0.2, -0.15) is 5.10 Å². The quantitative estimate of drug-likeness (QED) is 0.468. The highest BCUT2D eigenvalue weighted by Gasteiger charge is 2.29. The number of carbonyl (C=O) groups is 1. The normalized spacial score (nSPS) is 12.7. The van der Waals surface area contributed by atoms with E-state index >= 15 is 0 Å². The second kappa shape index (κ2) is 8.14. The number of pyridine rings is 1. The monoisotopic (exact) mass is 427 g/mol.